The predicted molar refractivity (Wildman–Crippen MR) is 83.6 cm³/mol. The predicted octanol–water partition coefficient (Wildman–Crippen LogP) is 3.58. The van der Waals surface area contributed by atoms with Gasteiger partial charge in [0.15, 0.2) is 0 Å². The van der Waals surface area contributed by atoms with Crippen molar-refractivity contribution >= 4 is 35.1 Å². The number of carbonyl (C=O) groups is 2. The average molecular weight is 298 g/mol. The van der Waals surface area contributed by atoms with E-state index in [1.165, 1.54) is 4.90 Å². The summed E-state index contributed by atoms with van der Waals surface area (Å²) in [5.74, 6) is -1.03. The molecule has 0 aliphatic carbocycles. The van der Waals surface area contributed by atoms with Crippen molar-refractivity contribution in [3.8, 4) is 0 Å². The van der Waals surface area contributed by atoms with Crippen molar-refractivity contribution in [1.29, 1.82) is 0 Å². The number of nitrogens with zero attached hydrogens (tertiary/aromatic N) is 1. The van der Waals surface area contributed by atoms with Crippen LogP contribution < -0.4 is 4.90 Å². The van der Waals surface area contributed by atoms with Crippen molar-refractivity contribution in [2.24, 2.45) is 0 Å². The lowest BCUT2D eigenvalue weighted by Crippen LogP contribution is -2.29. The molecular formula is C17H12ClNO2. The van der Waals surface area contributed by atoms with Crippen LogP contribution in [0.15, 0.2) is 54.6 Å². The minimum absolute atomic E-state index is 0.316. The Labute approximate surface area is 127 Å². The van der Waals surface area contributed by atoms with Gasteiger partial charge < -0.3 is 0 Å². The number of fused-ring (bicyclic) bond motifs is 1. The Hall–Kier alpha value is -2.39. The summed E-state index contributed by atoms with van der Waals surface area (Å²) in [5, 5.41) is 0.416. The molecule has 2 aromatic rings. The summed E-state index contributed by atoms with van der Waals surface area (Å²) >= 11 is 6.12. The van der Waals surface area contributed by atoms with Crippen LogP contribution in [0.5, 0.6) is 0 Å². The maximum atomic E-state index is 12.0. The van der Waals surface area contributed by atoms with Crippen LogP contribution in [0.2, 0.25) is 5.02 Å². The van der Waals surface area contributed by atoms with Gasteiger partial charge in [-0.15, -0.1) is 0 Å². The highest BCUT2D eigenvalue weighted by Gasteiger charge is 2.36. The molecule has 1 heterocycles. The highest BCUT2D eigenvalue weighted by Crippen LogP contribution is 2.35. The Bertz CT molecular complexity index is 738. The molecule has 0 radical (unpaired) electrons. The van der Waals surface area contributed by atoms with Crippen LogP contribution in [0.3, 0.4) is 0 Å². The zero-order valence-electron chi connectivity index (χ0n) is 11.1. The molecule has 1 aliphatic rings. The Kier molecular flexibility index (Phi) is 3.59. The number of halogens is 1. The molecule has 1 aliphatic heterocycles. The first-order valence-electron chi connectivity index (χ1n) is 6.55. The van der Waals surface area contributed by atoms with Gasteiger partial charge in [-0.05, 0) is 17.7 Å². The lowest BCUT2D eigenvalue weighted by atomic mass is 10.1. The molecule has 0 fully saturated rings. The molecule has 0 saturated heterocycles. The second kappa shape index (κ2) is 5.54. The second-order valence-corrected chi connectivity index (χ2v) is 5.10. The number of anilines is 1. The van der Waals surface area contributed by atoms with Crippen LogP contribution in [-0.4, -0.2) is 18.2 Å². The van der Waals surface area contributed by atoms with E-state index < -0.39 is 11.7 Å². The van der Waals surface area contributed by atoms with Crippen LogP contribution in [0.25, 0.3) is 6.08 Å². The zero-order valence-corrected chi connectivity index (χ0v) is 11.9. The molecule has 3 nitrogen and oxygen atoms in total. The third-order valence-electron chi connectivity index (χ3n) is 3.34. The quantitative estimate of drug-likeness (QED) is 0.812. The van der Waals surface area contributed by atoms with Crippen molar-refractivity contribution in [2.45, 2.75) is 0 Å². The number of Topliss-reactive ketones (excluding diaryl/α,β-unsaturated/α-hetero) is 1. The summed E-state index contributed by atoms with van der Waals surface area (Å²) in [6.45, 7) is 0.316. The minimum atomic E-state index is -0.532. The van der Waals surface area contributed by atoms with Gasteiger partial charge in [0.1, 0.15) is 0 Å². The van der Waals surface area contributed by atoms with E-state index in [4.69, 9.17) is 11.6 Å². The van der Waals surface area contributed by atoms with Crippen LogP contribution >= 0.6 is 11.6 Å². The topological polar surface area (TPSA) is 37.4 Å². The van der Waals surface area contributed by atoms with Crippen LogP contribution in [0.4, 0.5) is 5.69 Å². The number of amides is 1. The Morgan fingerprint density at radius 1 is 1.00 bits per heavy atom. The van der Waals surface area contributed by atoms with E-state index in [0.29, 0.717) is 22.8 Å². The third-order valence-corrected chi connectivity index (χ3v) is 3.64. The monoisotopic (exact) mass is 297 g/mol. The molecule has 0 unspecified atom stereocenters. The van der Waals surface area contributed by atoms with E-state index >= 15 is 0 Å². The van der Waals surface area contributed by atoms with Gasteiger partial charge in [0, 0.05) is 6.54 Å². The highest BCUT2D eigenvalue weighted by atomic mass is 35.5. The van der Waals surface area contributed by atoms with Gasteiger partial charge >= 0.3 is 0 Å². The fourth-order valence-electron chi connectivity index (χ4n) is 2.34. The van der Waals surface area contributed by atoms with E-state index in [1.54, 1.807) is 18.2 Å². The number of hydrogen-bond acceptors (Lipinski definition) is 2. The van der Waals surface area contributed by atoms with Crippen LogP contribution in [-0.2, 0) is 4.79 Å². The van der Waals surface area contributed by atoms with E-state index in [0.717, 1.165) is 5.56 Å². The molecule has 0 aromatic heterocycles. The van der Waals surface area contributed by atoms with Gasteiger partial charge in [0.2, 0.25) is 0 Å². The summed E-state index contributed by atoms with van der Waals surface area (Å²) in [6.07, 6.45) is 3.76. The molecule has 0 bridgehead atoms. The van der Waals surface area contributed by atoms with Gasteiger partial charge in [-0.1, -0.05) is 60.2 Å². The van der Waals surface area contributed by atoms with E-state index in [2.05, 4.69) is 0 Å². The summed E-state index contributed by atoms with van der Waals surface area (Å²) in [5.41, 5.74) is 1.92. The molecule has 2 aromatic carbocycles. The van der Waals surface area contributed by atoms with Gasteiger partial charge in [-0.3, -0.25) is 14.5 Å². The second-order valence-electron chi connectivity index (χ2n) is 4.69. The molecule has 104 valence electrons. The number of rotatable bonds is 3. The highest BCUT2D eigenvalue weighted by molar-refractivity contribution is 6.54. The van der Waals surface area contributed by atoms with Crippen molar-refractivity contribution in [2.75, 3.05) is 11.4 Å². The summed E-state index contributed by atoms with van der Waals surface area (Å²) in [6, 6.07) is 14.7. The largest absolute Gasteiger partial charge is 0.299 e. The molecule has 3 rings (SSSR count). The number of benzene rings is 2. The molecular weight excluding hydrogens is 286 g/mol. The van der Waals surface area contributed by atoms with E-state index in [-0.39, 0.29) is 0 Å². The van der Waals surface area contributed by atoms with Gasteiger partial charge in [-0.25, -0.2) is 0 Å². The summed E-state index contributed by atoms with van der Waals surface area (Å²) in [7, 11) is 0. The van der Waals surface area contributed by atoms with Gasteiger partial charge in [-0.2, -0.15) is 0 Å². The Morgan fingerprint density at radius 3 is 2.52 bits per heavy atom. The third kappa shape index (κ3) is 2.48. The lowest BCUT2D eigenvalue weighted by Gasteiger charge is -2.15. The van der Waals surface area contributed by atoms with E-state index in [1.807, 2.05) is 42.5 Å². The maximum Gasteiger partial charge on any atom is 0.299 e. The van der Waals surface area contributed by atoms with Crippen molar-refractivity contribution in [3.05, 3.63) is 70.8 Å². The van der Waals surface area contributed by atoms with Crippen LogP contribution in [0.1, 0.15) is 15.9 Å². The minimum Gasteiger partial charge on any atom is -0.299 e. The van der Waals surface area contributed by atoms with Gasteiger partial charge in [0.05, 0.1) is 16.3 Å². The first kappa shape index (κ1) is 13.6. The standard InChI is InChI=1S/C17H12ClNO2/c18-14-10-4-9-13-15(14)19(17(21)16(13)20)11-5-8-12-6-2-1-3-7-12/h1-10H,11H2. The molecule has 21 heavy (non-hydrogen) atoms. The van der Waals surface area contributed by atoms with Crippen molar-refractivity contribution in [1.82, 2.24) is 0 Å². The number of hydrogen-bond donors (Lipinski definition) is 0. The fourth-order valence-corrected chi connectivity index (χ4v) is 2.62. The molecule has 1 amide bonds. The summed E-state index contributed by atoms with van der Waals surface area (Å²) in [4.78, 5) is 25.4. The lowest BCUT2D eigenvalue weighted by molar-refractivity contribution is -0.114. The molecule has 0 spiro atoms. The summed E-state index contributed by atoms with van der Waals surface area (Å²) < 4.78 is 0. The number of ketones is 1. The van der Waals surface area contributed by atoms with Crippen molar-refractivity contribution in [3.63, 3.8) is 0 Å². The van der Waals surface area contributed by atoms with Crippen LogP contribution in [0, 0.1) is 0 Å². The maximum absolute atomic E-state index is 12.0. The molecule has 0 N–H and O–H groups in total. The fraction of sp³-hybridized carbons (Fsp3) is 0.0588. The smallest absolute Gasteiger partial charge is 0.299 e. The number of carbonyl (C=O) groups excluding carboxylic acids is 2. The first-order chi connectivity index (χ1) is 10.2. The molecule has 4 heteroatoms. The SMILES string of the molecule is O=C1C(=O)N(CC=Cc2ccccc2)c2c(Cl)cccc21. The van der Waals surface area contributed by atoms with Gasteiger partial charge in [0.25, 0.3) is 11.7 Å². The first-order valence-corrected chi connectivity index (χ1v) is 6.92. The molecule has 0 atom stereocenters. The Balaban J connectivity index is 1.86. The zero-order chi connectivity index (χ0) is 14.8. The average Bonchev–Trinajstić information content (AvgIpc) is 2.75. The van der Waals surface area contributed by atoms with Crippen molar-refractivity contribution < 1.29 is 9.59 Å². The number of para-hydroxylation sites is 1. The normalized spacial score (nSPS) is 14.0. The van der Waals surface area contributed by atoms with E-state index in [9.17, 15) is 9.59 Å². The molecule has 0 saturated carbocycles. The Morgan fingerprint density at radius 2 is 1.76 bits per heavy atom.